The third kappa shape index (κ3) is 3.39. The maximum Gasteiger partial charge on any atom is 0.175 e. The van der Waals surface area contributed by atoms with Crippen molar-refractivity contribution in [3.8, 4) is 0 Å². The van der Waals surface area contributed by atoms with Gasteiger partial charge in [-0.05, 0) is 43.2 Å². The highest BCUT2D eigenvalue weighted by molar-refractivity contribution is 7.90. The maximum absolute atomic E-state index is 11.6. The average molecular weight is 289 g/mol. The SMILES string of the molecule is Cc1ccccc1C(C)Nc1cccc(S(C)(=O)=O)c1. The number of rotatable bonds is 4. The maximum atomic E-state index is 11.6. The number of hydrogen-bond acceptors (Lipinski definition) is 3. The smallest absolute Gasteiger partial charge is 0.175 e. The highest BCUT2D eigenvalue weighted by atomic mass is 32.2. The van der Waals surface area contributed by atoms with Crippen LogP contribution < -0.4 is 5.32 Å². The van der Waals surface area contributed by atoms with Gasteiger partial charge in [-0.25, -0.2) is 8.42 Å². The van der Waals surface area contributed by atoms with Crippen LogP contribution in [-0.4, -0.2) is 14.7 Å². The summed E-state index contributed by atoms with van der Waals surface area (Å²) in [6.07, 6.45) is 1.22. The number of nitrogens with one attached hydrogen (secondary N) is 1. The lowest BCUT2D eigenvalue weighted by Crippen LogP contribution is -2.08. The van der Waals surface area contributed by atoms with Gasteiger partial charge in [0.2, 0.25) is 0 Å². The molecule has 0 fully saturated rings. The van der Waals surface area contributed by atoms with Gasteiger partial charge in [0, 0.05) is 18.0 Å². The molecule has 0 saturated carbocycles. The molecular formula is C16H19NO2S. The minimum atomic E-state index is -3.17. The second-order valence-corrected chi connectivity index (χ2v) is 7.04. The fourth-order valence-corrected chi connectivity index (χ4v) is 2.88. The van der Waals surface area contributed by atoms with Crippen LogP contribution in [0.4, 0.5) is 5.69 Å². The van der Waals surface area contributed by atoms with Crippen molar-refractivity contribution < 1.29 is 8.42 Å². The van der Waals surface area contributed by atoms with E-state index >= 15 is 0 Å². The molecule has 2 aromatic rings. The Bertz CT molecular complexity index is 708. The first-order valence-corrected chi connectivity index (χ1v) is 8.39. The van der Waals surface area contributed by atoms with Gasteiger partial charge in [0.1, 0.15) is 0 Å². The number of benzene rings is 2. The van der Waals surface area contributed by atoms with E-state index in [4.69, 9.17) is 0 Å². The molecule has 0 aliphatic carbocycles. The van der Waals surface area contributed by atoms with Gasteiger partial charge in [0.15, 0.2) is 9.84 Å². The second-order valence-electron chi connectivity index (χ2n) is 5.02. The van der Waals surface area contributed by atoms with E-state index in [1.807, 2.05) is 18.2 Å². The molecule has 0 amide bonds. The molecule has 1 N–H and O–H groups in total. The first-order valence-electron chi connectivity index (χ1n) is 6.50. The lowest BCUT2D eigenvalue weighted by Gasteiger charge is -2.18. The van der Waals surface area contributed by atoms with Crippen LogP contribution in [-0.2, 0) is 9.84 Å². The fourth-order valence-electron chi connectivity index (χ4n) is 2.22. The molecule has 2 rings (SSSR count). The van der Waals surface area contributed by atoms with E-state index in [1.165, 1.54) is 17.4 Å². The molecule has 0 saturated heterocycles. The zero-order valence-corrected chi connectivity index (χ0v) is 12.7. The molecule has 3 nitrogen and oxygen atoms in total. The summed E-state index contributed by atoms with van der Waals surface area (Å²) in [4.78, 5) is 0.333. The Hall–Kier alpha value is -1.81. The van der Waals surface area contributed by atoms with Crippen molar-refractivity contribution in [3.05, 3.63) is 59.7 Å². The Labute approximate surface area is 120 Å². The summed E-state index contributed by atoms with van der Waals surface area (Å²) in [5.41, 5.74) is 3.23. The van der Waals surface area contributed by atoms with Crippen molar-refractivity contribution in [3.63, 3.8) is 0 Å². The summed E-state index contributed by atoms with van der Waals surface area (Å²) in [6.45, 7) is 4.13. The lowest BCUT2D eigenvalue weighted by molar-refractivity contribution is 0.602. The van der Waals surface area contributed by atoms with Gasteiger partial charge < -0.3 is 5.32 Å². The summed E-state index contributed by atoms with van der Waals surface area (Å²) in [5.74, 6) is 0. The number of aryl methyl sites for hydroxylation is 1. The minimum Gasteiger partial charge on any atom is -0.378 e. The van der Waals surface area contributed by atoms with Crippen LogP contribution in [0.15, 0.2) is 53.4 Å². The molecule has 0 aliphatic rings. The Morgan fingerprint density at radius 1 is 1.05 bits per heavy atom. The van der Waals surface area contributed by atoms with Crippen molar-refractivity contribution in [2.24, 2.45) is 0 Å². The number of sulfone groups is 1. The molecule has 0 radical (unpaired) electrons. The molecular weight excluding hydrogens is 270 g/mol. The molecule has 0 aromatic heterocycles. The highest BCUT2D eigenvalue weighted by Crippen LogP contribution is 2.23. The van der Waals surface area contributed by atoms with Gasteiger partial charge in [-0.2, -0.15) is 0 Å². The van der Waals surface area contributed by atoms with E-state index in [9.17, 15) is 8.42 Å². The van der Waals surface area contributed by atoms with Gasteiger partial charge in [-0.3, -0.25) is 0 Å². The Kier molecular flexibility index (Phi) is 4.14. The van der Waals surface area contributed by atoms with Gasteiger partial charge in [-0.1, -0.05) is 30.3 Å². The predicted octanol–water partition coefficient (Wildman–Crippen LogP) is 3.57. The number of anilines is 1. The van der Waals surface area contributed by atoms with Crippen LogP contribution in [0.25, 0.3) is 0 Å². The summed E-state index contributed by atoms with van der Waals surface area (Å²) >= 11 is 0. The van der Waals surface area contributed by atoms with Crippen LogP contribution in [0.1, 0.15) is 24.1 Å². The predicted molar refractivity (Wildman–Crippen MR) is 82.8 cm³/mol. The van der Waals surface area contributed by atoms with Crippen LogP contribution >= 0.6 is 0 Å². The monoisotopic (exact) mass is 289 g/mol. The quantitative estimate of drug-likeness (QED) is 0.936. The summed E-state index contributed by atoms with van der Waals surface area (Å²) < 4.78 is 23.1. The molecule has 20 heavy (non-hydrogen) atoms. The lowest BCUT2D eigenvalue weighted by atomic mass is 10.0. The van der Waals surface area contributed by atoms with Crippen molar-refractivity contribution in [2.75, 3.05) is 11.6 Å². The van der Waals surface area contributed by atoms with Crippen LogP contribution in [0.2, 0.25) is 0 Å². The fraction of sp³-hybridized carbons (Fsp3) is 0.250. The van der Waals surface area contributed by atoms with Gasteiger partial charge >= 0.3 is 0 Å². The van der Waals surface area contributed by atoms with E-state index < -0.39 is 9.84 Å². The third-order valence-corrected chi connectivity index (χ3v) is 4.41. The average Bonchev–Trinajstić information content (AvgIpc) is 2.38. The molecule has 1 unspecified atom stereocenters. The van der Waals surface area contributed by atoms with E-state index in [1.54, 1.807) is 18.2 Å². The third-order valence-electron chi connectivity index (χ3n) is 3.30. The van der Waals surface area contributed by atoms with Gasteiger partial charge in [-0.15, -0.1) is 0 Å². The van der Waals surface area contributed by atoms with Crippen molar-refractivity contribution in [1.29, 1.82) is 0 Å². The van der Waals surface area contributed by atoms with Crippen LogP contribution in [0.3, 0.4) is 0 Å². The highest BCUT2D eigenvalue weighted by Gasteiger charge is 2.10. The molecule has 0 bridgehead atoms. The van der Waals surface area contributed by atoms with Crippen molar-refractivity contribution >= 4 is 15.5 Å². The zero-order valence-electron chi connectivity index (χ0n) is 11.9. The van der Waals surface area contributed by atoms with E-state index in [0.29, 0.717) is 4.90 Å². The largest absolute Gasteiger partial charge is 0.378 e. The molecule has 0 heterocycles. The minimum absolute atomic E-state index is 0.117. The standard InChI is InChI=1S/C16H19NO2S/c1-12-7-4-5-10-16(12)13(2)17-14-8-6-9-15(11-14)20(3,18)19/h4-11,13,17H,1-3H3. The summed E-state index contributed by atoms with van der Waals surface area (Å²) in [5, 5.41) is 3.35. The van der Waals surface area contributed by atoms with Gasteiger partial charge in [0.05, 0.1) is 4.90 Å². The molecule has 2 aromatic carbocycles. The Morgan fingerprint density at radius 2 is 1.75 bits per heavy atom. The molecule has 106 valence electrons. The topological polar surface area (TPSA) is 46.2 Å². The van der Waals surface area contributed by atoms with E-state index in [2.05, 4.69) is 31.3 Å². The summed E-state index contributed by atoms with van der Waals surface area (Å²) in [7, 11) is -3.17. The summed E-state index contributed by atoms with van der Waals surface area (Å²) in [6, 6.07) is 15.2. The number of hydrogen-bond donors (Lipinski definition) is 1. The first-order chi connectivity index (χ1) is 9.38. The van der Waals surface area contributed by atoms with Crippen LogP contribution in [0.5, 0.6) is 0 Å². The second kappa shape index (κ2) is 5.67. The van der Waals surface area contributed by atoms with E-state index in [0.717, 1.165) is 5.69 Å². The molecule has 0 spiro atoms. The van der Waals surface area contributed by atoms with E-state index in [-0.39, 0.29) is 6.04 Å². The Balaban J connectivity index is 2.25. The van der Waals surface area contributed by atoms with Gasteiger partial charge in [0.25, 0.3) is 0 Å². The Morgan fingerprint density at radius 3 is 2.40 bits per heavy atom. The normalized spacial score (nSPS) is 12.9. The van der Waals surface area contributed by atoms with Crippen molar-refractivity contribution in [1.82, 2.24) is 0 Å². The van der Waals surface area contributed by atoms with Crippen molar-refractivity contribution in [2.45, 2.75) is 24.8 Å². The molecule has 1 atom stereocenters. The zero-order chi connectivity index (χ0) is 14.8. The molecule has 0 aliphatic heterocycles. The molecule has 4 heteroatoms. The van der Waals surface area contributed by atoms with Crippen LogP contribution in [0, 0.1) is 6.92 Å². The first kappa shape index (κ1) is 14.6.